The summed E-state index contributed by atoms with van der Waals surface area (Å²) in [7, 11) is 0. The number of aliphatic hydroxyl groups excluding tert-OH is 1. The molecule has 1 aromatic carbocycles. The van der Waals surface area contributed by atoms with E-state index in [0.717, 1.165) is 31.2 Å². The van der Waals surface area contributed by atoms with Crippen LogP contribution in [0.5, 0.6) is 0 Å². The first kappa shape index (κ1) is 13.3. The lowest BCUT2D eigenvalue weighted by atomic mass is 9.96. The highest BCUT2D eigenvalue weighted by atomic mass is 16.3. The molecule has 1 fully saturated rings. The van der Waals surface area contributed by atoms with E-state index >= 15 is 0 Å². The molecule has 20 heavy (non-hydrogen) atoms. The summed E-state index contributed by atoms with van der Waals surface area (Å²) >= 11 is 0. The number of carbonyl (C=O) groups excluding carboxylic acids is 2. The highest BCUT2D eigenvalue weighted by molar-refractivity contribution is 6.09. The quantitative estimate of drug-likeness (QED) is 0.854. The number of aliphatic hydroxyl groups is 1. The Hall–Kier alpha value is -1.68. The zero-order valence-corrected chi connectivity index (χ0v) is 11.4. The van der Waals surface area contributed by atoms with Gasteiger partial charge in [0, 0.05) is 5.56 Å². The lowest BCUT2D eigenvalue weighted by molar-refractivity contribution is -0.130. The number of imide groups is 1. The lowest BCUT2D eigenvalue weighted by Gasteiger charge is -2.30. The van der Waals surface area contributed by atoms with Crippen molar-refractivity contribution in [1.82, 2.24) is 4.90 Å². The molecule has 4 nitrogen and oxygen atoms in total. The molecule has 106 valence electrons. The maximum atomic E-state index is 12.4. The number of hydrogen-bond acceptors (Lipinski definition) is 3. The van der Waals surface area contributed by atoms with Crippen LogP contribution < -0.4 is 0 Å². The van der Waals surface area contributed by atoms with E-state index in [0.29, 0.717) is 5.56 Å². The molecule has 0 radical (unpaired) electrons. The highest BCUT2D eigenvalue weighted by Gasteiger charge is 2.34. The molecule has 2 aliphatic rings. The summed E-state index contributed by atoms with van der Waals surface area (Å²) in [6, 6.07) is 7.20. The van der Waals surface area contributed by atoms with Gasteiger partial charge in [-0.15, -0.1) is 0 Å². The predicted molar refractivity (Wildman–Crippen MR) is 74.2 cm³/mol. The summed E-state index contributed by atoms with van der Waals surface area (Å²) in [5.74, 6) is -0.243. The Morgan fingerprint density at radius 3 is 2.65 bits per heavy atom. The standard InChI is InChI=1S/C16H19NO3/c18-14(11-5-1-2-6-11)10-17-15(19)9-12-7-3-4-8-13(12)16(17)20/h3-4,7-8,11,14,18H,1-2,5-6,9-10H2. The van der Waals surface area contributed by atoms with Gasteiger partial charge in [0.05, 0.1) is 19.1 Å². The van der Waals surface area contributed by atoms with Gasteiger partial charge < -0.3 is 5.11 Å². The number of carbonyl (C=O) groups is 2. The molecule has 0 aromatic heterocycles. The Labute approximate surface area is 118 Å². The number of nitrogens with zero attached hydrogens (tertiary/aromatic N) is 1. The van der Waals surface area contributed by atoms with Gasteiger partial charge in [-0.3, -0.25) is 14.5 Å². The van der Waals surface area contributed by atoms with Crippen LogP contribution >= 0.6 is 0 Å². The summed E-state index contributed by atoms with van der Waals surface area (Å²) in [4.78, 5) is 25.7. The van der Waals surface area contributed by atoms with Gasteiger partial charge in [0.25, 0.3) is 5.91 Å². The third-order valence-electron chi connectivity index (χ3n) is 4.45. The topological polar surface area (TPSA) is 57.6 Å². The second kappa shape index (κ2) is 5.37. The predicted octanol–water partition coefficient (Wildman–Crippen LogP) is 1.76. The SMILES string of the molecule is O=C1Cc2ccccc2C(=O)N1CC(O)C1CCCC1. The van der Waals surface area contributed by atoms with E-state index in [1.165, 1.54) is 4.90 Å². The Morgan fingerprint density at radius 1 is 1.20 bits per heavy atom. The number of hydrogen-bond donors (Lipinski definition) is 1. The molecule has 0 spiro atoms. The van der Waals surface area contributed by atoms with Crippen LogP contribution in [0.1, 0.15) is 41.6 Å². The van der Waals surface area contributed by atoms with Gasteiger partial charge in [-0.2, -0.15) is 0 Å². The molecule has 1 N–H and O–H groups in total. The lowest BCUT2D eigenvalue weighted by Crippen LogP contribution is -2.47. The first-order valence-corrected chi connectivity index (χ1v) is 7.27. The van der Waals surface area contributed by atoms with Crippen molar-refractivity contribution < 1.29 is 14.7 Å². The highest BCUT2D eigenvalue weighted by Crippen LogP contribution is 2.29. The number of rotatable bonds is 3. The average molecular weight is 273 g/mol. The first-order chi connectivity index (χ1) is 9.66. The van der Waals surface area contributed by atoms with Crippen molar-refractivity contribution in [3.63, 3.8) is 0 Å². The van der Waals surface area contributed by atoms with E-state index in [2.05, 4.69) is 0 Å². The molecule has 1 atom stereocenters. The molecule has 1 saturated carbocycles. The van der Waals surface area contributed by atoms with E-state index in [4.69, 9.17) is 0 Å². The van der Waals surface area contributed by atoms with Crippen molar-refractivity contribution in [1.29, 1.82) is 0 Å². The normalized spacial score (nSPS) is 21.1. The second-order valence-corrected chi connectivity index (χ2v) is 5.76. The Balaban J connectivity index is 1.77. The number of fused-ring (bicyclic) bond motifs is 1. The molecule has 1 aliphatic carbocycles. The van der Waals surface area contributed by atoms with Gasteiger partial charge >= 0.3 is 0 Å². The van der Waals surface area contributed by atoms with Crippen molar-refractivity contribution in [2.24, 2.45) is 5.92 Å². The number of benzene rings is 1. The van der Waals surface area contributed by atoms with Crippen LogP contribution in [0.4, 0.5) is 0 Å². The Morgan fingerprint density at radius 2 is 1.90 bits per heavy atom. The van der Waals surface area contributed by atoms with Crippen LogP contribution in [-0.4, -0.2) is 34.5 Å². The fourth-order valence-corrected chi connectivity index (χ4v) is 3.26. The van der Waals surface area contributed by atoms with E-state index in [-0.39, 0.29) is 30.7 Å². The summed E-state index contributed by atoms with van der Waals surface area (Å²) in [5.41, 5.74) is 1.37. The van der Waals surface area contributed by atoms with Crippen molar-refractivity contribution in [2.45, 2.75) is 38.2 Å². The van der Waals surface area contributed by atoms with Gasteiger partial charge in [0.2, 0.25) is 5.91 Å². The van der Waals surface area contributed by atoms with Crippen LogP contribution in [0.2, 0.25) is 0 Å². The maximum absolute atomic E-state index is 12.4. The van der Waals surface area contributed by atoms with Crippen molar-refractivity contribution >= 4 is 11.8 Å². The minimum atomic E-state index is -0.587. The van der Waals surface area contributed by atoms with Gasteiger partial charge in [0.1, 0.15) is 0 Å². The molecule has 1 aromatic rings. The molecule has 3 rings (SSSR count). The van der Waals surface area contributed by atoms with Gasteiger partial charge in [-0.05, 0) is 30.4 Å². The monoisotopic (exact) mass is 273 g/mol. The Bertz CT molecular complexity index is 534. The molecular formula is C16H19NO3. The third kappa shape index (κ3) is 2.36. The zero-order chi connectivity index (χ0) is 14.1. The number of amides is 2. The minimum Gasteiger partial charge on any atom is -0.391 e. The maximum Gasteiger partial charge on any atom is 0.260 e. The molecule has 4 heteroatoms. The largest absolute Gasteiger partial charge is 0.391 e. The first-order valence-electron chi connectivity index (χ1n) is 7.27. The molecule has 1 heterocycles. The number of β-amino-alcohol motifs (C(OH)–C–C–N with tert-alkyl or cyclic N) is 1. The molecule has 2 amide bonds. The molecule has 1 aliphatic heterocycles. The van der Waals surface area contributed by atoms with Crippen molar-refractivity contribution in [2.75, 3.05) is 6.54 Å². The van der Waals surface area contributed by atoms with Gasteiger partial charge in [-0.1, -0.05) is 31.0 Å². The average Bonchev–Trinajstić information content (AvgIpc) is 2.97. The molecule has 1 unspecified atom stereocenters. The Kier molecular flexibility index (Phi) is 3.57. The van der Waals surface area contributed by atoms with Gasteiger partial charge in [-0.25, -0.2) is 0 Å². The van der Waals surface area contributed by atoms with E-state index < -0.39 is 6.10 Å². The molecule has 0 saturated heterocycles. The van der Waals surface area contributed by atoms with Crippen LogP contribution in [0.3, 0.4) is 0 Å². The fourth-order valence-electron chi connectivity index (χ4n) is 3.26. The third-order valence-corrected chi connectivity index (χ3v) is 4.45. The van der Waals surface area contributed by atoms with Crippen LogP contribution in [0, 0.1) is 5.92 Å². The van der Waals surface area contributed by atoms with Crippen molar-refractivity contribution in [3.8, 4) is 0 Å². The minimum absolute atomic E-state index is 0.136. The van der Waals surface area contributed by atoms with Crippen LogP contribution in [-0.2, 0) is 11.2 Å². The van der Waals surface area contributed by atoms with Crippen LogP contribution in [0.25, 0.3) is 0 Å². The van der Waals surface area contributed by atoms with E-state index in [9.17, 15) is 14.7 Å². The van der Waals surface area contributed by atoms with Gasteiger partial charge in [0.15, 0.2) is 0 Å². The summed E-state index contributed by atoms with van der Waals surface area (Å²) in [5, 5.41) is 10.2. The van der Waals surface area contributed by atoms with Crippen LogP contribution in [0.15, 0.2) is 24.3 Å². The zero-order valence-electron chi connectivity index (χ0n) is 11.4. The van der Waals surface area contributed by atoms with E-state index in [1.807, 2.05) is 12.1 Å². The van der Waals surface area contributed by atoms with E-state index in [1.54, 1.807) is 12.1 Å². The molecule has 0 bridgehead atoms. The second-order valence-electron chi connectivity index (χ2n) is 5.76. The summed E-state index contributed by atoms with van der Waals surface area (Å²) in [6.45, 7) is 0.136. The molecular weight excluding hydrogens is 254 g/mol. The summed E-state index contributed by atoms with van der Waals surface area (Å²) < 4.78 is 0. The smallest absolute Gasteiger partial charge is 0.260 e. The summed E-state index contributed by atoms with van der Waals surface area (Å²) in [6.07, 6.45) is 3.91. The fraction of sp³-hybridized carbons (Fsp3) is 0.500. The van der Waals surface area contributed by atoms with Crippen molar-refractivity contribution in [3.05, 3.63) is 35.4 Å².